The fourth-order valence-electron chi connectivity index (χ4n) is 1.68. The van der Waals surface area contributed by atoms with Crippen LogP contribution in [0, 0.1) is 6.92 Å². The van der Waals surface area contributed by atoms with E-state index in [4.69, 9.17) is 5.73 Å². The maximum atomic E-state index is 12.2. The maximum Gasteiger partial charge on any atom is 0.292 e. The van der Waals surface area contributed by atoms with Gasteiger partial charge in [-0.2, -0.15) is 9.78 Å². The van der Waals surface area contributed by atoms with E-state index in [1.54, 1.807) is 6.92 Å². The van der Waals surface area contributed by atoms with E-state index in [-0.39, 0.29) is 17.3 Å². The van der Waals surface area contributed by atoms with Crippen LogP contribution in [0.1, 0.15) is 21.1 Å². The normalized spacial score (nSPS) is 11.1. The van der Waals surface area contributed by atoms with Gasteiger partial charge in [-0.05, 0) is 28.7 Å². The smallest absolute Gasteiger partial charge is 0.292 e. The van der Waals surface area contributed by atoms with Gasteiger partial charge in [-0.1, -0.05) is 11.3 Å². The lowest BCUT2D eigenvalue weighted by Crippen LogP contribution is -2.22. The van der Waals surface area contributed by atoms with Gasteiger partial charge in [-0.15, -0.1) is 16.4 Å². The molecule has 0 fully saturated rings. The van der Waals surface area contributed by atoms with Crippen LogP contribution in [0.5, 0.6) is 0 Å². The summed E-state index contributed by atoms with van der Waals surface area (Å²) in [5.41, 5.74) is 8.54. The van der Waals surface area contributed by atoms with Gasteiger partial charge in [0.1, 0.15) is 0 Å². The standard InChI is InChI=1S/C11H10N8O2S/c1-6-8(11(20)15-13-5-7-3-2-4-22-7)19(18-14-6)10-9(12)16-21-17-10/h2-5H,1H3,(H2,12,16)(H,15,20). The van der Waals surface area contributed by atoms with Gasteiger partial charge in [0.05, 0.1) is 11.9 Å². The number of hydrazone groups is 1. The second kappa shape index (κ2) is 5.73. The molecule has 0 aliphatic carbocycles. The predicted molar refractivity (Wildman–Crippen MR) is 77.7 cm³/mol. The van der Waals surface area contributed by atoms with Crippen molar-refractivity contribution in [2.75, 3.05) is 5.73 Å². The summed E-state index contributed by atoms with van der Waals surface area (Å²) in [6, 6.07) is 3.76. The molecule has 0 aromatic carbocycles. The molecule has 0 spiro atoms. The number of rotatable bonds is 4. The molecule has 22 heavy (non-hydrogen) atoms. The minimum absolute atomic E-state index is 0.000960. The highest BCUT2D eigenvalue weighted by molar-refractivity contribution is 7.11. The predicted octanol–water partition coefficient (Wildman–Crippen LogP) is 0.366. The van der Waals surface area contributed by atoms with E-state index in [0.717, 1.165) is 9.56 Å². The van der Waals surface area contributed by atoms with Crippen LogP contribution in [-0.4, -0.2) is 37.4 Å². The molecule has 10 nitrogen and oxygen atoms in total. The van der Waals surface area contributed by atoms with Crippen LogP contribution in [0.3, 0.4) is 0 Å². The Kier molecular flexibility index (Phi) is 3.62. The van der Waals surface area contributed by atoms with Crippen LogP contribution in [0.2, 0.25) is 0 Å². The average Bonchev–Trinajstić information content (AvgIpc) is 3.20. The zero-order chi connectivity index (χ0) is 15.5. The number of aromatic nitrogens is 5. The Morgan fingerprint density at radius 2 is 2.41 bits per heavy atom. The van der Waals surface area contributed by atoms with E-state index >= 15 is 0 Å². The number of hydrogen-bond donors (Lipinski definition) is 2. The van der Waals surface area contributed by atoms with Gasteiger partial charge in [-0.25, -0.2) is 10.1 Å². The number of hydrogen-bond acceptors (Lipinski definition) is 9. The Balaban J connectivity index is 1.84. The minimum atomic E-state index is -0.502. The number of aryl methyl sites for hydroxylation is 1. The summed E-state index contributed by atoms with van der Waals surface area (Å²) >= 11 is 1.50. The molecule has 0 saturated carbocycles. The molecular formula is C11H10N8O2S. The second-order valence-corrected chi connectivity index (χ2v) is 5.10. The van der Waals surface area contributed by atoms with Gasteiger partial charge in [0, 0.05) is 4.88 Å². The molecule has 0 saturated heterocycles. The Hall–Kier alpha value is -3.08. The number of nitrogen functional groups attached to an aromatic ring is 1. The van der Waals surface area contributed by atoms with Crippen LogP contribution >= 0.6 is 11.3 Å². The summed E-state index contributed by atoms with van der Waals surface area (Å²) in [6.45, 7) is 1.63. The largest absolute Gasteiger partial charge is 0.378 e. The molecule has 3 heterocycles. The van der Waals surface area contributed by atoms with Gasteiger partial charge in [-0.3, -0.25) is 4.79 Å². The quantitative estimate of drug-likeness (QED) is 0.523. The number of carbonyl (C=O) groups excluding carboxylic acids is 1. The second-order valence-electron chi connectivity index (χ2n) is 4.12. The van der Waals surface area contributed by atoms with Crippen molar-refractivity contribution in [2.24, 2.45) is 5.10 Å². The third kappa shape index (κ3) is 2.56. The molecule has 3 aromatic heterocycles. The molecule has 3 rings (SSSR count). The molecule has 11 heteroatoms. The monoisotopic (exact) mass is 318 g/mol. The third-order valence-corrected chi connectivity index (χ3v) is 3.46. The van der Waals surface area contributed by atoms with Crippen molar-refractivity contribution in [3.8, 4) is 5.82 Å². The lowest BCUT2D eigenvalue weighted by Gasteiger charge is -2.02. The number of thiophene rings is 1. The Bertz CT molecular complexity index is 819. The summed E-state index contributed by atoms with van der Waals surface area (Å²) in [5, 5.41) is 20.5. The molecule has 0 bridgehead atoms. The fraction of sp³-hybridized carbons (Fsp3) is 0.0909. The van der Waals surface area contributed by atoms with Crippen LogP contribution in [0.15, 0.2) is 27.2 Å². The molecule has 0 atom stereocenters. The third-order valence-electron chi connectivity index (χ3n) is 2.65. The van der Waals surface area contributed by atoms with Crippen molar-refractivity contribution in [2.45, 2.75) is 6.92 Å². The zero-order valence-corrected chi connectivity index (χ0v) is 12.1. The average molecular weight is 318 g/mol. The maximum absolute atomic E-state index is 12.2. The first-order chi connectivity index (χ1) is 10.7. The van der Waals surface area contributed by atoms with Crippen LogP contribution in [0.4, 0.5) is 5.82 Å². The molecule has 3 aromatic rings. The summed E-state index contributed by atoms with van der Waals surface area (Å²) in [6.07, 6.45) is 1.54. The number of nitrogens with one attached hydrogen (secondary N) is 1. The van der Waals surface area contributed by atoms with Gasteiger partial charge in [0.25, 0.3) is 5.91 Å². The highest BCUT2D eigenvalue weighted by Gasteiger charge is 2.22. The van der Waals surface area contributed by atoms with Gasteiger partial charge >= 0.3 is 0 Å². The molecule has 0 aliphatic heterocycles. The first kappa shape index (κ1) is 13.9. The summed E-state index contributed by atoms with van der Waals surface area (Å²) in [5.74, 6) is -0.410. The van der Waals surface area contributed by atoms with E-state index in [2.05, 4.69) is 35.8 Å². The number of anilines is 1. The zero-order valence-electron chi connectivity index (χ0n) is 11.3. The Labute approximate surface area is 127 Å². The van der Waals surface area contributed by atoms with Crippen molar-refractivity contribution in [1.29, 1.82) is 0 Å². The lowest BCUT2D eigenvalue weighted by atomic mass is 10.3. The van der Waals surface area contributed by atoms with Crippen molar-refractivity contribution >= 4 is 29.3 Å². The minimum Gasteiger partial charge on any atom is -0.378 e. The topological polar surface area (TPSA) is 137 Å². The Morgan fingerprint density at radius 1 is 1.55 bits per heavy atom. The Morgan fingerprint density at radius 3 is 3.09 bits per heavy atom. The van der Waals surface area contributed by atoms with E-state index in [1.165, 1.54) is 17.6 Å². The van der Waals surface area contributed by atoms with Crippen LogP contribution in [-0.2, 0) is 0 Å². The SMILES string of the molecule is Cc1nnn(-c2nonc2N)c1C(=O)NN=Cc1cccs1. The van der Waals surface area contributed by atoms with Crippen molar-refractivity contribution in [1.82, 2.24) is 30.7 Å². The number of amides is 1. The van der Waals surface area contributed by atoms with Gasteiger partial charge in [0.2, 0.25) is 11.6 Å². The molecule has 112 valence electrons. The first-order valence-corrected chi connectivity index (χ1v) is 6.92. The van der Waals surface area contributed by atoms with E-state index in [0.29, 0.717) is 5.69 Å². The molecule has 0 aliphatic rings. The lowest BCUT2D eigenvalue weighted by molar-refractivity contribution is 0.0946. The van der Waals surface area contributed by atoms with E-state index < -0.39 is 5.91 Å². The highest BCUT2D eigenvalue weighted by atomic mass is 32.1. The first-order valence-electron chi connectivity index (χ1n) is 6.04. The molecular weight excluding hydrogens is 308 g/mol. The summed E-state index contributed by atoms with van der Waals surface area (Å²) in [4.78, 5) is 13.2. The molecule has 3 N–H and O–H groups in total. The fourth-order valence-corrected chi connectivity index (χ4v) is 2.26. The van der Waals surface area contributed by atoms with E-state index in [9.17, 15) is 4.79 Å². The van der Waals surface area contributed by atoms with Crippen LogP contribution < -0.4 is 11.2 Å². The molecule has 0 unspecified atom stereocenters. The summed E-state index contributed by atoms with van der Waals surface area (Å²) in [7, 11) is 0. The van der Waals surface area contributed by atoms with Crippen molar-refractivity contribution < 1.29 is 9.42 Å². The van der Waals surface area contributed by atoms with Crippen LogP contribution in [0.25, 0.3) is 5.82 Å². The van der Waals surface area contributed by atoms with Crippen molar-refractivity contribution in [3.05, 3.63) is 33.8 Å². The number of nitrogens with zero attached hydrogens (tertiary/aromatic N) is 6. The van der Waals surface area contributed by atoms with E-state index in [1.807, 2.05) is 17.5 Å². The summed E-state index contributed by atoms with van der Waals surface area (Å²) < 4.78 is 5.65. The van der Waals surface area contributed by atoms with Gasteiger partial charge in [0.15, 0.2) is 5.69 Å². The molecule has 1 amide bonds. The number of carbonyl (C=O) groups is 1. The van der Waals surface area contributed by atoms with Crippen molar-refractivity contribution in [3.63, 3.8) is 0 Å². The van der Waals surface area contributed by atoms with Gasteiger partial charge < -0.3 is 5.73 Å². The molecule has 0 radical (unpaired) electrons. The highest BCUT2D eigenvalue weighted by Crippen LogP contribution is 2.14. The number of nitrogens with two attached hydrogens (primary N) is 1.